The molecule has 0 fully saturated rings. The lowest BCUT2D eigenvalue weighted by molar-refractivity contribution is 0.415. The topological polar surface area (TPSA) is 56.3 Å². The van der Waals surface area contributed by atoms with Gasteiger partial charge in [-0.15, -0.1) is 11.6 Å². The number of hydrogen-bond donors (Lipinski definition) is 0. The second-order valence-corrected chi connectivity index (χ2v) is 6.47. The van der Waals surface area contributed by atoms with Gasteiger partial charge in [-0.1, -0.05) is 6.07 Å². The number of ether oxygens (including phenoxy) is 1. The maximum atomic E-state index is 12.2. The summed E-state index contributed by atoms with van der Waals surface area (Å²) in [4.78, 5) is 4.02. The van der Waals surface area contributed by atoms with Gasteiger partial charge >= 0.3 is 0 Å². The van der Waals surface area contributed by atoms with Crippen molar-refractivity contribution in [2.24, 2.45) is 0 Å². The highest BCUT2D eigenvalue weighted by molar-refractivity contribution is 7.91. The zero-order valence-corrected chi connectivity index (χ0v) is 12.0. The smallest absolute Gasteiger partial charge is 0.196 e. The molecule has 0 aliphatic carbocycles. The molecular formula is C13H14ClNO3S. The molecule has 0 amide bonds. The van der Waals surface area contributed by atoms with Gasteiger partial charge in [0.2, 0.25) is 0 Å². The average molecular weight is 300 g/mol. The number of pyridine rings is 1. The molecule has 0 atom stereocenters. The number of rotatable bonds is 5. The molecule has 0 saturated heterocycles. The number of fused-ring (bicyclic) bond motifs is 1. The average Bonchev–Trinajstić information content (AvgIpc) is 2.43. The minimum absolute atomic E-state index is 0.000176. The summed E-state index contributed by atoms with van der Waals surface area (Å²) in [5.74, 6) is 0.918. The number of methoxy groups -OCH3 is 1. The van der Waals surface area contributed by atoms with Crippen LogP contribution in [0.15, 0.2) is 35.5 Å². The van der Waals surface area contributed by atoms with Gasteiger partial charge in [0, 0.05) is 17.5 Å². The van der Waals surface area contributed by atoms with Gasteiger partial charge in [-0.3, -0.25) is 0 Å². The third kappa shape index (κ3) is 2.98. The Morgan fingerprint density at radius 1 is 1.32 bits per heavy atom. The molecule has 2 rings (SSSR count). The minimum Gasteiger partial charge on any atom is -0.497 e. The Morgan fingerprint density at radius 2 is 2.11 bits per heavy atom. The van der Waals surface area contributed by atoms with Crippen molar-refractivity contribution in [3.63, 3.8) is 0 Å². The number of hydrogen-bond acceptors (Lipinski definition) is 4. The van der Waals surface area contributed by atoms with E-state index in [4.69, 9.17) is 16.3 Å². The molecule has 0 N–H and O–H groups in total. The number of benzene rings is 1. The molecule has 0 saturated carbocycles. The van der Waals surface area contributed by atoms with Gasteiger partial charge < -0.3 is 4.74 Å². The van der Waals surface area contributed by atoms with Gasteiger partial charge in [0.1, 0.15) is 5.75 Å². The Morgan fingerprint density at radius 3 is 2.79 bits per heavy atom. The summed E-state index contributed by atoms with van der Waals surface area (Å²) in [6, 6.07) is 7.07. The fraction of sp³-hybridized carbons (Fsp3) is 0.308. The first-order valence-corrected chi connectivity index (χ1v) is 7.98. The molecule has 1 aromatic carbocycles. The van der Waals surface area contributed by atoms with Crippen molar-refractivity contribution >= 4 is 32.2 Å². The summed E-state index contributed by atoms with van der Waals surface area (Å²) < 4.78 is 29.6. The number of alkyl halides is 1. The second kappa shape index (κ2) is 5.75. The van der Waals surface area contributed by atoms with E-state index >= 15 is 0 Å². The summed E-state index contributed by atoms with van der Waals surface area (Å²) in [7, 11) is -1.88. The van der Waals surface area contributed by atoms with Gasteiger partial charge in [0.15, 0.2) is 14.9 Å². The van der Waals surface area contributed by atoms with Crippen LogP contribution >= 0.6 is 11.6 Å². The van der Waals surface area contributed by atoms with E-state index < -0.39 is 9.84 Å². The first kappa shape index (κ1) is 14.1. The molecule has 0 unspecified atom stereocenters. The normalized spacial score (nSPS) is 11.7. The van der Waals surface area contributed by atoms with Crippen LogP contribution in [-0.4, -0.2) is 32.1 Å². The van der Waals surface area contributed by atoms with Crippen LogP contribution in [0.3, 0.4) is 0 Å². The highest BCUT2D eigenvalue weighted by Gasteiger charge is 2.19. The van der Waals surface area contributed by atoms with E-state index in [1.165, 1.54) is 6.20 Å². The Bertz CT molecular complexity index is 685. The van der Waals surface area contributed by atoms with Crippen LogP contribution in [0.25, 0.3) is 10.8 Å². The quantitative estimate of drug-likeness (QED) is 0.797. The van der Waals surface area contributed by atoms with Crippen molar-refractivity contribution < 1.29 is 13.2 Å². The van der Waals surface area contributed by atoms with E-state index in [1.54, 1.807) is 25.3 Å². The van der Waals surface area contributed by atoms with Crippen molar-refractivity contribution in [1.82, 2.24) is 4.98 Å². The van der Waals surface area contributed by atoms with E-state index in [2.05, 4.69) is 4.98 Å². The molecule has 4 nitrogen and oxygen atoms in total. The van der Waals surface area contributed by atoms with Crippen LogP contribution in [0.2, 0.25) is 0 Å². The third-order valence-electron chi connectivity index (χ3n) is 2.78. The van der Waals surface area contributed by atoms with Crippen molar-refractivity contribution in [2.45, 2.75) is 11.4 Å². The van der Waals surface area contributed by atoms with Crippen LogP contribution < -0.4 is 4.74 Å². The molecule has 0 aliphatic rings. The van der Waals surface area contributed by atoms with Crippen LogP contribution in [-0.2, 0) is 9.84 Å². The zero-order valence-electron chi connectivity index (χ0n) is 10.5. The monoisotopic (exact) mass is 299 g/mol. The molecule has 1 aromatic heterocycles. The molecule has 2 aromatic rings. The number of halogens is 1. The maximum absolute atomic E-state index is 12.2. The van der Waals surface area contributed by atoms with Crippen LogP contribution in [0.5, 0.6) is 5.75 Å². The Balaban J connectivity index is 2.59. The first-order chi connectivity index (χ1) is 9.08. The van der Waals surface area contributed by atoms with Crippen LogP contribution in [0.4, 0.5) is 0 Å². The van der Waals surface area contributed by atoms with E-state index in [1.807, 2.05) is 6.07 Å². The maximum Gasteiger partial charge on any atom is 0.196 e. The highest BCUT2D eigenvalue weighted by Crippen LogP contribution is 2.26. The number of nitrogens with zero attached hydrogens (tertiary/aromatic N) is 1. The molecule has 0 aliphatic heterocycles. The van der Waals surface area contributed by atoms with Crippen molar-refractivity contribution in [2.75, 3.05) is 18.7 Å². The summed E-state index contributed by atoms with van der Waals surface area (Å²) in [5.41, 5.74) is 0. The molecular weight excluding hydrogens is 286 g/mol. The number of aromatic nitrogens is 1. The molecule has 102 valence electrons. The molecule has 0 spiro atoms. The summed E-state index contributed by atoms with van der Waals surface area (Å²) in [6.07, 6.45) is 1.91. The van der Waals surface area contributed by atoms with Gasteiger partial charge in [-0.25, -0.2) is 13.4 Å². The lowest BCUT2D eigenvalue weighted by Gasteiger charge is -2.08. The standard InChI is InChI=1S/C13H14ClNO3S/c1-18-11-4-3-10-5-7-15-13(12(10)9-11)19(16,17)8-2-6-14/h3-5,7,9H,2,6,8H2,1H3. The second-order valence-electron chi connectivity index (χ2n) is 4.06. The van der Waals surface area contributed by atoms with Gasteiger partial charge in [0.05, 0.1) is 12.9 Å². The summed E-state index contributed by atoms with van der Waals surface area (Å²) in [5, 5.41) is 1.49. The predicted molar refractivity (Wildman–Crippen MR) is 75.7 cm³/mol. The number of sulfone groups is 1. The van der Waals surface area contributed by atoms with Gasteiger partial charge in [-0.05, 0) is 30.0 Å². The van der Waals surface area contributed by atoms with Crippen molar-refractivity contribution in [1.29, 1.82) is 0 Å². The largest absolute Gasteiger partial charge is 0.497 e. The van der Waals surface area contributed by atoms with E-state index in [0.717, 1.165) is 5.39 Å². The van der Waals surface area contributed by atoms with Crippen molar-refractivity contribution in [3.05, 3.63) is 30.5 Å². The fourth-order valence-corrected chi connectivity index (χ4v) is 3.58. The summed E-state index contributed by atoms with van der Waals surface area (Å²) >= 11 is 5.56. The molecule has 0 bridgehead atoms. The molecule has 1 heterocycles. The van der Waals surface area contributed by atoms with E-state index in [0.29, 0.717) is 23.4 Å². The fourth-order valence-electron chi connectivity index (χ4n) is 1.84. The lowest BCUT2D eigenvalue weighted by Crippen LogP contribution is -2.09. The summed E-state index contributed by atoms with van der Waals surface area (Å²) in [6.45, 7) is 0. The Hall–Kier alpha value is -1.33. The molecule has 0 radical (unpaired) electrons. The van der Waals surface area contributed by atoms with Gasteiger partial charge in [-0.2, -0.15) is 0 Å². The highest BCUT2D eigenvalue weighted by atomic mass is 35.5. The SMILES string of the molecule is COc1ccc2ccnc(S(=O)(=O)CCCCl)c2c1. The zero-order chi connectivity index (χ0) is 13.9. The van der Waals surface area contributed by atoms with Crippen LogP contribution in [0, 0.1) is 0 Å². The minimum atomic E-state index is -3.43. The third-order valence-corrected chi connectivity index (χ3v) is 4.79. The predicted octanol–water partition coefficient (Wildman–Crippen LogP) is 2.65. The first-order valence-electron chi connectivity index (χ1n) is 5.80. The molecule has 6 heteroatoms. The van der Waals surface area contributed by atoms with E-state index in [-0.39, 0.29) is 10.8 Å². The Labute approximate surface area is 117 Å². The lowest BCUT2D eigenvalue weighted by atomic mass is 10.2. The van der Waals surface area contributed by atoms with Crippen LogP contribution in [0.1, 0.15) is 6.42 Å². The van der Waals surface area contributed by atoms with Crippen molar-refractivity contribution in [3.8, 4) is 5.75 Å². The Kier molecular flexibility index (Phi) is 4.27. The molecule has 19 heavy (non-hydrogen) atoms. The van der Waals surface area contributed by atoms with E-state index in [9.17, 15) is 8.42 Å². The van der Waals surface area contributed by atoms with Gasteiger partial charge in [0.25, 0.3) is 0 Å².